The lowest BCUT2D eigenvalue weighted by Gasteiger charge is -2.30. The molecule has 1 aromatic carbocycles. The molecule has 2 saturated heterocycles. The van der Waals surface area contributed by atoms with Gasteiger partial charge in [0.05, 0.1) is 24.2 Å². The van der Waals surface area contributed by atoms with Crippen molar-refractivity contribution in [1.82, 2.24) is 15.5 Å². The molecule has 9 heteroatoms. The second kappa shape index (κ2) is 11.2. The summed E-state index contributed by atoms with van der Waals surface area (Å²) in [7, 11) is 0. The number of fused-ring (bicyclic) bond motifs is 3. The quantitative estimate of drug-likeness (QED) is 0.367. The largest absolute Gasteiger partial charge is 0.403 e. The van der Waals surface area contributed by atoms with E-state index >= 15 is 0 Å². The van der Waals surface area contributed by atoms with Crippen LogP contribution < -0.4 is 22.1 Å². The van der Waals surface area contributed by atoms with Crippen molar-refractivity contribution in [1.29, 1.82) is 5.26 Å². The van der Waals surface area contributed by atoms with Crippen LogP contribution in [-0.2, 0) is 21.4 Å². The smallest absolute Gasteiger partial charge is 0.248 e. The van der Waals surface area contributed by atoms with Crippen molar-refractivity contribution in [2.45, 2.75) is 88.9 Å². The molecule has 9 nitrogen and oxygen atoms in total. The number of likely N-dealkylation sites (tertiary alicyclic amines) is 1. The Balaban J connectivity index is 1.43. The van der Waals surface area contributed by atoms with Crippen LogP contribution in [0.4, 0.5) is 0 Å². The van der Waals surface area contributed by atoms with E-state index in [1.807, 2.05) is 19.1 Å². The Bertz CT molecular complexity index is 1400. The van der Waals surface area contributed by atoms with Crippen LogP contribution in [0, 0.1) is 17.2 Å². The molecule has 2 heterocycles. The van der Waals surface area contributed by atoms with E-state index < -0.39 is 17.5 Å². The summed E-state index contributed by atoms with van der Waals surface area (Å²) >= 11 is 0. The molecule has 3 amide bonds. The number of nitrogens with two attached hydrogens (primary N) is 2. The average Bonchev–Trinajstić information content (AvgIpc) is 3.49. The average molecular weight is 557 g/mol. The first kappa shape index (κ1) is 28.6. The summed E-state index contributed by atoms with van der Waals surface area (Å²) in [5.41, 5.74) is 16.6. The van der Waals surface area contributed by atoms with Crippen LogP contribution in [0.15, 0.2) is 53.3 Å². The number of nitriles is 1. The van der Waals surface area contributed by atoms with Gasteiger partial charge in [-0.05, 0) is 93.5 Å². The van der Waals surface area contributed by atoms with Gasteiger partial charge in [-0.1, -0.05) is 29.9 Å². The number of piperidine rings is 1. The zero-order chi connectivity index (χ0) is 29.5. The number of carbonyl (C=O) groups is 3. The fourth-order valence-electron chi connectivity index (χ4n) is 7.09. The van der Waals surface area contributed by atoms with Crippen LogP contribution >= 0.6 is 0 Å². The predicted molar refractivity (Wildman–Crippen MR) is 156 cm³/mol. The minimum absolute atomic E-state index is 0.0525. The maximum absolute atomic E-state index is 14.0. The number of nitrogens with zero attached hydrogens (tertiary/aromatic N) is 2. The number of hydrogen-bond donors (Lipinski definition) is 4. The van der Waals surface area contributed by atoms with Crippen molar-refractivity contribution in [3.05, 3.63) is 70.0 Å². The van der Waals surface area contributed by atoms with Crippen molar-refractivity contribution in [3.63, 3.8) is 0 Å². The van der Waals surface area contributed by atoms with Crippen LogP contribution in [-0.4, -0.2) is 47.4 Å². The Labute approximate surface area is 241 Å². The molecular formula is C32H40N6O3. The van der Waals surface area contributed by atoms with Gasteiger partial charge in [-0.15, -0.1) is 0 Å². The van der Waals surface area contributed by atoms with Crippen LogP contribution in [0.3, 0.4) is 0 Å². The highest BCUT2D eigenvalue weighted by Gasteiger charge is 2.55. The standard InChI is InChI=1S/C32H40N6O3/c1-18(5-4-6-19(2)34)11-21-7-8-22-12-23(30(35)40)9-10-26(22)32(20(21)3)15-28(37-31(32)41)36-17-29(39)38-25(16-33)13-24-14-27(24)38/h9-12,24-25,27-28,36H,2,4-8,13-15,17,34H2,1,3H3,(H2,35,40)(H,37,41)/b18-11-/t24?,25?,27?,28-,32?/m1/s1. The van der Waals surface area contributed by atoms with E-state index in [4.69, 9.17) is 11.5 Å². The molecule has 3 fully saturated rings. The molecule has 1 aromatic rings. The number of benzene rings is 1. The molecule has 4 unspecified atom stereocenters. The number of rotatable bonds is 9. The third kappa shape index (κ3) is 5.41. The molecule has 0 aromatic heterocycles. The maximum atomic E-state index is 14.0. The molecular weight excluding hydrogens is 516 g/mol. The summed E-state index contributed by atoms with van der Waals surface area (Å²) in [6, 6.07) is 7.46. The van der Waals surface area contributed by atoms with E-state index in [-0.39, 0.29) is 30.4 Å². The van der Waals surface area contributed by atoms with Crippen LogP contribution in [0.2, 0.25) is 0 Å². The number of aryl methyl sites for hydroxylation is 1. The monoisotopic (exact) mass is 556 g/mol. The lowest BCUT2D eigenvalue weighted by molar-refractivity contribution is -0.131. The molecule has 1 spiro atoms. The Kier molecular flexibility index (Phi) is 7.80. The van der Waals surface area contributed by atoms with Crippen molar-refractivity contribution in [2.75, 3.05) is 6.54 Å². The Hall–Kier alpha value is -3.90. The summed E-state index contributed by atoms with van der Waals surface area (Å²) in [6.45, 7) is 7.96. The zero-order valence-electron chi connectivity index (χ0n) is 24.0. The lowest BCUT2D eigenvalue weighted by atomic mass is 9.70. The van der Waals surface area contributed by atoms with Crippen LogP contribution in [0.5, 0.6) is 0 Å². The first-order valence-corrected chi connectivity index (χ1v) is 14.5. The highest BCUT2D eigenvalue weighted by molar-refractivity contribution is 5.97. The van der Waals surface area contributed by atoms with Gasteiger partial charge in [0.15, 0.2) is 0 Å². The fraction of sp³-hybridized carbons (Fsp3) is 0.500. The third-order valence-corrected chi connectivity index (χ3v) is 9.37. The number of amides is 3. The van der Waals surface area contributed by atoms with Crippen molar-refractivity contribution in [3.8, 4) is 6.07 Å². The molecule has 216 valence electrons. The van der Waals surface area contributed by atoms with Crippen LogP contribution in [0.1, 0.15) is 80.3 Å². The molecule has 5 atom stereocenters. The summed E-state index contributed by atoms with van der Waals surface area (Å²) < 4.78 is 0. The van der Waals surface area contributed by atoms with Gasteiger partial charge in [-0.2, -0.15) is 5.26 Å². The Morgan fingerprint density at radius 2 is 2.05 bits per heavy atom. The van der Waals surface area contributed by atoms with E-state index in [0.29, 0.717) is 30.0 Å². The van der Waals surface area contributed by atoms with Crippen molar-refractivity contribution < 1.29 is 14.4 Å². The van der Waals surface area contributed by atoms with Gasteiger partial charge in [-0.3, -0.25) is 19.7 Å². The van der Waals surface area contributed by atoms with E-state index in [1.54, 1.807) is 11.0 Å². The first-order chi connectivity index (χ1) is 19.5. The van der Waals surface area contributed by atoms with E-state index in [0.717, 1.165) is 60.8 Å². The molecule has 41 heavy (non-hydrogen) atoms. The van der Waals surface area contributed by atoms with Gasteiger partial charge < -0.3 is 21.7 Å². The zero-order valence-corrected chi connectivity index (χ0v) is 24.0. The molecule has 5 rings (SSSR count). The summed E-state index contributed by atoms with van der Waals surface area (Å²) in [5, 5.41) is 15.9. The molecule has 2 aliphatic heterocycles. The lowest BCUT2D eigenvalue weighted by Crippen LogP contribution is -2.47. The Morgan fingerprint density at radius 1 is 1.27 bits per heavy atom. The third-order valence-electron chi connectivity index (χ3n) is 9.37. The number of carbonyl (C=O) groups excluding carboxylic acids is 3. The fourth-order valence-corrected chi connectivity index (χ4v) is 7.09. The second-order valence-electron chi connectivity index (χ2n) is 12.2. The number of allylic oxidation sites excluding steroid dienone is 4. The van der Waals surface area contributed by atoms with Gasteiger partial charge in [0, 0.05) is 23.7 Å². The molecule has 4 aliphatic rings. The first-order valence-electron chi connectivity index (χ1n) is 14.5. The number of primary amides is 1. The number of hydrogen-bond acceptors (Lipinski definition) is 6. The van der Waals surface area contributed by atoms with Gasteiger partial charge in [0.25, 0.3) is 0 Å². The number of nitrogens with one attached hydrogen (secondary N) is 2. The minimum Gasteiger partial charge on any atom is -0.403 e. The van der Waals surface area contributed by atoms with Gasteiger partial charge in [0.2, 0.25) is 17.7 Å². The SMILES string of the molecule is C=C(N)CCC/C(C)=C\C1=C(C)C2(C[C@H](NCC(=O)N3C(C#N)CC4CC43)NC2=O)c2ccc(C(N)=O)cc2CC1. The molecule has 1 saturated carbocycles. The molecule has 0 radical (unpaired) electrons. The van der Waals surface area contributed by atoms with E-state index in [1.165, 1.54) is 5.57 Å². The maximum Gasteiger partial charge on any atom is 0.248 e. The normalized spacial score (nSPS) is 28.6. The highest BCUT2D eigenvalue weighted by atomic mass is 16.2. The van der Waals surface area contributed by atoms with Crippen molar-refractivity contribution >= 4 is 17.7 Å². The Morgan fingerprint density at radius 3 is 2.76 bits per heavy atom. The van der Waals surface area contributed by atoms with Gasteiger partial charge in [0.1, 0.15) is 6.04 Å². The van der Waals surface area contributed by atoms with Gasteiger partial charge in [-0.25, -0.2) is 0 Å². The summed E-state index contributed by atoms with van der Waals surface area (Å²) in [5.74, 6) is -0.285. The van der Waals surface area contributed by atoms with Crippen molar-refractivity contribution in [2.24, 2.45) is 17.4 Å². The summed E-state index contributed by atoms with van der Waals surface area (Å²) in [4.78, 5) is 40.8. The summed E-state index contributed by atoms with van der Waals surface area (Å²) in [6.07, 6.45) is 7.84. The minimum atomic E-state index is -0.954. The molecule has 0 bridgehead atoms. The van der Waals surface area contributed by atoms with Crippen LogP contribution in [0.25, 0.3) is 0 Å². The molecule has 6 N–H and O–H groups in total. The molecule has 2 aliphatic carbocycles. The predicted octanol–water partition coefficient (Wildman–Crippen LogP) is 2.82. The van der Waals surface area contributed by atoms with E-state index in [2.05, 4.69) is 36.3 Å². The topological polar surface area (TPSA) is 154 Å². The van der Waals surface area contributed by atoms with E-state index in [9.17, 15) is 19.6 Å². The highest BCUT2D eigenvalue weighted by Crippen LogP contribution is 2.48. The second-order valence-corrected chi connectivity index (χ2v) is 12.2. The van der Waals surface area contributed by atoms with Gasteiger partial charge >= 0.3 is 0 Å².